The van der Waals surface area contributed by atoms with Gasteiger partial charge in [0.15, 0.2) is 0 Å². The van der Waals surface area contributed by atoms with Crippen molar-refractivity contribution in [3.63, 3.8) is 0 Å². The molecule has 5 heterocycles. The summed E-state index contributed by atoms with van der Waals surface area (Å²) in [5, 5.41) is 2.84. The van der Waals surface area contributed by atoms with E-state index in [0.717, 1.165) is 61.1 Å². The summed E-state index contributed by atoms with van der Waals surface area (Å²) in [5.41, 5.74) is 3.90. The first-order valence-electron chi connectivity index (χ1n) is 10.7. The second kappa shape index (κ2) is 7.50. The number of amides is 1. The van der Waals surface area contributed by atoms with Crippen molar-refractivity contribution < 1.29 is 4.79 Å². The van der Waals surface area contributed by atoms with Crippen molar-refractivity contribution in [2.24, 2.45) is 5.92 Å². The van der Waals surface area contributed by atoms with E-state index in [4.69, 9.17) is 4.98 Å². The Morgan fingerprint density at radius 1 is 1.17 bits per heavy atom. The maximum absolute atomic E-state index is 13.3. The molecule has 30 heavy (non-hydrogen) atoms. The molecule has 8 heteroatoms. The topological polar surface area (TPSA) is 83.4 Å². The zero-order valence-corrected chi connectivity index (χ0v) is 17.6. The number of fused-ring (bicyclic) bond motifs is 4. The number of piperidine rings is 1. The predicted molar refractivity (Wildman–Crippen MR) is 114 cm³/mol. The molecule has 2 saturated heterocycles. The Morgan fingerprint density at radius 2 is 2.03 bits per heavy atom. The Hall–Kier alpha value is -2.74. The van der Waals surface area contributed by atoms with Crippen LogP contribution in [0.2, 0.25) is 0 Å². The van der Waals surface area contributed by atoms with E-state index in [1.54, 1.807) is 0 Å². The van der Waals surface area contributed by atoms with Gasteiger partial charge < -0.3 is 14.8 Å². The minimum absolute atomic E-state index is 0.0310. The molecule has 0 radical (unpaired) electrons. The molecule has 158 valence electrons. The number of nitrogens with one attached hydrogen (secondary N) is 1. The third-order valence-electron chi connectivity index (χ3n) is 6.54. The summed E-state index contributed by atoms with van der Waals surface area (Å²) in [5.74, 6) is 1.75. The fourth-order valence-corrected chi connectivity index (χ4v) is 5.18. The summed E-state index contributed by atoms with van der Waals surface area (Å²) in [7, 11) is 0. The van der Waals surface area contributed by atoms with Gasteiger partial charge in [0, 0.05) is 62.6 Å². The van der Waals surface area contributed by atoms with Crippen molar-refractivity contribution in [1.82, 2.24) is 24.8 Å². The standard InChI is InChI=1S/C22H28N6O2/c1-14-8-24-15(2)21(25-14)27-9-16-7-18(12-27)19-4-3-17(22(30)28(19)10-16)11-26-6-5-23-20(29)13-26/h3-4,8,16,18H,5-7,9-13H2,1-2H3,(H,23,29)/t16-,18+/m0/s1. The minimum atomic E-state index is 0.0310. The van der Waals surface area contributed by atoms with E-state index in [9.17, 15) is 9.59 Å². The molecule has 8 nitrogen and oxygen atoms in total. The molecule has 3 aliphatic heterocycles. The van der Waals surface area contributed by atoms with Crippen molar-refractivity contribution in [2.45, 2.75) is 39.3 Å². The monoisotopic (exact) mass is 408 g/mol. The van der Waals surface area contributed by atoms with E-state index < -0.39 is 0 Å². The lowest BCUT2D eigenvalue weighted by Gasteiger charge is -2.43. The molecule has 0 aromatic carbocycles. The normalized spacial score (nSPS) is 23.8. The molecule has 0 saturated carbocycles. The van der Waals surface area contributed by atoms with Crippen LogP contribution in [0.15, 0.2) is 23.1 Å². The summed E-state index contributed by atoms with van der Waals surface area (Å²) in [6, 6.07) is 4.09. The van der Waals surface area contributed by atoms with Gasteiger partial charge in [-0.3, -0.25) is 19.5 Å². The van der Waals surface area contributed by atoms with Gasteiger partial charge >= 0.3 is 0 Å². The van der Waals surface area contributed by atoms with Crippen LogP contribution >= 0.6 is 0 Å². The number of hydrogen-bond acceptors (Lipinski definition) is 6. The third-order valence-corrected chi connectivity index (χ3v) is 6.54. The fourth-order valence-electron chi connectivity index (χ4n) is 5.18. The van der Waals surface area contributed by atoms with Gasteiger partial charge in [0.2, 0.25) is 5.91 Å². The lowest BCUT2D eigenvalue weighted by atomic mass is 9.83. The van der Waals surface area contributed by atoms with Gasteiger partial charge in [0.25, 0.3) is 5.56 Å². The Kier molecular flexibility index (Phi) is 4.81. The van der Waals surface area contributed by atoms with Gasteiger partial charge in [0.1, 0.15) is 5.82 Å². The first-order valence-corrected chi connectivity index (χ1v) is 10.7. The van der Waals surface area contributed by atoms with Crippen LogP contribution in [-0.4, -0.2) is 58.1 Å². The van der Waals surface area contributed by atoms with Crippen molar-refractivity contribution in [3.8, 4) is 0 Å². The second-order valence-corrected chi connectivity index (χ2v) is 8.88. The van der Waals surface area contributed by atoms with Gasteiger partial charge in [0.05, 0.1) is 17.9 Å². The minimum Gasteiger partial charge on any atom is -0.354 e. The predicted octanol–water partition coefficient (Wildman–Crippen LogP) is 0.811. The van der Waals surface area contributed by atoms with Crippen LogP contribution in [0.1, 0.15) is 35.0 Å². The summed E-state index contributed by atoms with van der Waals surface area (Å²) in [6.07, 6.45) is 2.92. The van der Waals surface area contributed by atoms with Crippen LogP contribution in [0.5, 0.6) is 0 Å². The van der Waals surface area contributed by atoms with Gasteiger partial charge in [-0.15, -0.1) is 0 Å². The van der Waals surface area contributed by atoms with E-state index >= 15 is 0 Å². The van der Waals surface area contributed by atoms with Crippen molar-refractivity contribution >= 4 is 11.7 Å². The molecule has 2 fully saturated rings. The van der Waals surface area contributed by atoms with Crippen LogP contribution in [0, 0.1) is 19.8 Å². The smallest absolute Gasteiger partial charge is 0.255 e. The highest BCUT2D eigenvalue weighted by Crippen LogP contribution is 2.37. The average Bonchev–Trinajstić information content (AvgIpc) is 2.72. The lowest BCUT2D eigenvalue weighted by molar-refractivity contribution is -0.124. The molecule has 1 N–H and O–H groups in total. The first-order chi connectivity index (χ1) is 14.5. The summed E-state index contributed by atoms with van der Waals surface area (Å²) in [4.78, 5) is 38.5. The summed E-state index contributed by atoms with van der Waals surface area (Å²) >= 11 is 0. The largest absolute Gasteiger partial charge is 0.354 e. The zero-order valence-electron chi connectivity index (χ0n) is 17.6. The number of nitrogens with zero attached hydrogens (tertiary/aromatic N) is 5. The van der Waals surface area contributed by atoms with E-state index in [1.807, 2.05) is 35.6 Å². The summed E-state index contributed by atoms with van der Waals surface area (Å²) < 4.78 is 1.99. The molecular weight excluding hydrogens is 380 g/mol. The molecule has 0 spiro atoms. The number of rotatable bonds is 3. The number of carbonyl (C=O) groups excluding carboxylic acids is 1. The third kappa shape index (κ3) is 3.49. The molecule has 1 amide bonds. The van der Waals surface area contributed by atoms with Crippen LogP contribution in [0.3, 0.4) is 0 Å². The Morgan fingerprint density at radius 3 is 2.87 bits per heavy atom. The number of carbonyl (C=O) groups is 1. The van der Waals surface area contributed by atoms with E-state index in [2.05, 4.69) is 21.3 Å². The quantitative estimate of drug-likeness (QED) is 0.809. The Bertz CT molecular complexity index is 1050. The molecule has 2 aromatic heterocycles. The van der Waals surface area contributed by atoms with Crippen LogP contribution in [0.25, 0.3) is 0 Å². The highest BCUT2D eigenvalue weighted by atomic mass is 16.2. The van der Waals surface area contributed by atoms with Gasteiger partial charge in [-0.05, 0) is 32.3 Å². The van der Waals surface area contributed by atoms with Gasteiger partial charge in [-0.25, -0.2) is 4.98 Å². The molecule has 2 atom stereocenters. The maximum Gasteiger partial charge on any atom is 0.255 e. The maximum atomic E-state index is 13.3. The Balaban J connectivity index is 1.40. The molecule has 2 aromatic rings. The second-order valence-electron chi connectivity index (χ2n) is 8.88. The fraction of sp³-hybridized carbons (Fsp3) is 0.545. The number of pyridine rings is 1. The Labute approximate surface area is 175 Å². The zero-order chi connectivity index (χ0) is 20.8. The van der Waals surface area contributed by atoms with Crippen LogP contribution in [-0.2, 0) is 17.9 Å². The molecular formula is C22H28N6O2. The highest BCUT2D eigenvalue weighted by Gasteiger charge is 2.36. The number of hydrogen-bond donors (Lipinski definition) is 1. The van der Waals surface area contributed by atoms with Crippen molar-refractivity contribution in [1.29, 1.82) is 0 Å². The van der Waals surface area contributed by atoms with E-state index in [0.29, 0.717) is 31.5 Å². The molecule has 0 aliphatic carbocycles. The number of aromatic nitrogens is 3. The van der Waals surface area contributed by atoms with Crippen molar-refractivity contribution in [3.05, 3.63) is 51.3 Å². The highest BCUT2D eigenvalue weighted by molar-refractivity contribution is 5.78. The van der Waals surface area contributed by atoms with E-state index in [-0.39, 0.29) is 11.5 Å². The molecule has 3 aliphatic rings. The van der Waals surface area contributed by atoms with Gasteiger partial charge in [-0.1, -0.05) is 6.07 Å². The summed E-state index contributed by atoms with van der Waals surface area (Å²) in [6.45, 7) is 8.81. The average molecular weight is 409 g/mol. The number of piperazine rings is 1. The van der Waals surface area contributed by atoms with Crippen LogP contribution in [0.4, 0.5) is 5.82 Å². The molecule has 0 unspecified atom stereocenters. The van der Waals surface area contributed by atoms with E-state index in [1.165, 1.54) is 0 Å². The van der Waals surface area contributed by atoms with Crippen molar-refractivity contribution in [2.75, 3.05) is 37.6 Å². The number of aryl methyl sites for hydroxylation is 2. The van der Waals surface area contributed by atoms with Crippen LogP contribution < -0.4 is 15.8 Å². The SMILES string of the molecule is Cc1cnc(C)c(N2C[C@@H]3C[C@H](C2)c2ccc(CN4CCNC(=O)C4)c(=O)n2C3)n1. The first kappa shape index (κ1) is 19.2. The lowest BCUT2D eigenvalue weighted by Crippen LogP contribution is -2.49. The number of anilines is 1. The molecule has 2 bridgehead atoms. The van der Waals surface area contributed by atoms with Gasteiger partial charge in [-0.2, -0.15) is 0 Å². The molecule has 5 rings (SSSR count).